The fraction of sp³-hybridized carbons (Fsp3) is 0.800. The molecule has 0 aromatic heterocycles. The first kappa shape index (κ1) is 15.4. The third kappa shape index (κ3) is 6.07. The van der Waals surface area contributed by atoms with Gasteiger partial charge in [-0.25, -0.2) is 8.78 Å². The van der Waals surface area contributed by atoms with Crippen LogP contribution in [0.5, 0.6) is 0 Å². The van der Waals surface area contributed by atoms with Crippen molar-refractivity contribution in [3.8, 4) is 0 Å². The van der Waals surface area contributed by atoms with E-state index in [2.05, 4.69) is 16.6 Å². The van der Waals surface area contributed by atoms with Crippen LogP contribution in [0, 0.1) is 0 Å². The van der Waals surface area contributed by atoms with Gasteiger partial charge in [0.25, 0.3) is 0 Å². The Morgan fingerprint density at radius 1 is 1.44 bits per heavy atom. The molecule has 96 valence electrons. The van der Waals surface area contributed by atoms with Crippen LogP contribution in [-0.2, 0) is 4.74 Å². The van der Waals surface area contributed by atoms with Crippen LogP contribution in [0.2, 0.25) is 0 Å². The fourth-order valence-corrected chi connectivity index (χ4v) is 1.03. The largest absolute Gasteiger partial charge is 0.373 e. The predicted octanol–water partition coefficient (Wildman–Crippen LogP) is 2.46. The van der Waals surface area contributed by atoms with Gasteiger partial charge in [-0.15, -0.1) is 6.58 Å². The lowest BCUT2D eigenvalue weighted by molar-refractivity contribution is -0.167. The standard InChI is InChI=1S/C10H17F4NO/c1-3-4-5-8(15-2)6-16-7-10(13,14)9(11)12/h3,8-9,15H,1,4-7H2,2H3. The summed E-state index contributed by atoms with van der Waals surface area (Å²) in [5.74, 6) is -4.07. The van der Waals surface area contributed by atoms with E-state index in [0.29, 0.717) is 12.8 Å². The van der Waals surface area contributed by atoms with Gasteiger partial charge in [-0.3, -0.25) is 0 Å². The van der Waals surface area contributed by atoms with Crippen molar-refractivity contribution < 1.29 is 22.3 Å². The van der Waals surface area contributed by atoms with Gasteiger partial charge in [0.1, 0.15) is 6.61 Å². The first-order valence-electron chi connectivity index (χ1n) is 4.96. The van der Waals surface area contributed by atoms with Gasteiger partial charge in [-0.1, -0.05) is 6.08 Å². The van der Waals surface area contributed by atoms with Crippen molar-refractivity contribution >= 4 is 0 Å². The molecule has 0 aliphatic carbocycles. The monoisotopic (exact) mass is 243 g/mol. The molecule has 0 amide bonds. The summed E-state index contributed by atoms with van der Waals surface area (Å²) in [6.45, 7) is 2.25. The molecule has 2 nitrogen and oxygen atoms in total. The normalized spacial score (nSPS) is 14.1. The third-order valence-electron chi connectivity index (χ3n) is 2.06. The van der Waals surface area contributed by atoms with Gasteiger partial charge in [0.05, 0.1) is 6.61 Å². The first-order valence-corrected chi connectivity index (χ1v) is 4.96. The van der Waals surface area contributed by atoms with Crippen molar-refractivity contribution in [2.24, 2.45) is 0 Å². The molecule has 1 N–H and O–H groups in total. The maximum absolute atomic E-state index is 12.4. The van der Waals surface area contributed by atoms with Crippen molar-refractivity contribution in [1.29, 1.82) is 0 Å². The van der Waals surface area contributed by atoms with Crippen LogP contribution in [0.1, 0.15) is 12.8 Å². The predicted molar refractivity (Wildman–Crippen MR) is 54.0 cm³/mol. The zero-order valence-electron chi connectivity index (χ0n) is 9.19. The molecule has 0 heterocycles. The molecule has 0 bridgehead atoms. The average Bonchev–Trinajstić information content (AvgIpc) is 2.22. The van der Waals surface area contributed by atoms with Crippen molar-refractivity contribution in [3.63, 3.8) is 0 Å². The van der Waals surface area contributed by atoms with E-state index in [1.807, 2.05) is 0 Å². The molecular weight excluding hydrogens is 226 g/mol. The van der Waals surface area contributed by atoms with E-state index in [1.165, 1.54) is 0 Å². The quantitative estimate of drug-likeness (QED) is 0.496. The zero-order valence-corrected chi connectivity index (χ0v) is 9.19. The Bertz CT molecular complexity index is 199. The number of alkyl halides is 4. The Hall–Kier alpha value is -0.620. The summed E-state index contributed by atoms with van der Waals surface area (Å²) in [5.41, 5.74) is 0. The Kier molecular flexibility index (Phi) is 7.33. The number of allylic oxidation sites excluding steroid dienone is 1. The van der Waals surface area contributed by atoms with E-state index in [1.54, 1.807) is 13.1 Å². The minimum atomic E-state index is -4.07. The van der Waals surface area contributed by atoms with Gasteiger partial charge in [0, 0.05) is 6.04 Å². The summed E-state index contributed by atoms with van der Waals surface area (Å²) >= 11 is 0. The molecule has 0 radical (unpaired) electrons. The summed E-state index contributed by atoms with van der Waals surface area (Å²) in [7, 11) is 1.66. The number of nitrogens with one attached hydrogen (secondary N) is 1. The highest BCUT2D eigenvalue weighted by atomic mass is 19.3. The Labute approximate surface area is 92.7 Å². The highest BCUT2D eigenvalue weighted by Gasteiger charge is 2.41. The maximum Gasteiger partial charge on any atom is 0.330 e. The van der Waals surface area contributed by atoms with Crippen LogP contribution in [0.25, 0.3) is 0 Å². The van der Waals surface area contributed by atoms with E-state index < -0.39 is 19.0 Å². The summed E-state index contributed by atoms with van der Waals surface area (Å²) in [4.78, 5) is 0. The van der Waals surface area contributed by atoms with Crippen LogP contribution >= 0.6 is 0 Å². The van der Waals surface area contributed by atoms with Crippen LogP contribution < -0.4 is 5.32 Å². The minimum absolute atomic E-state index is 0.0212. The Morgan fingerprint density at radius 2 is 2.06 bits per heavy atom. The van der Waals surface area contributed by atoms with Crippen molar-refractivity contribution in [1.82, 2.24) is 5.32 Å². The van der Waals surface area contributed by atoms with E-state index in [4.69, 9.17) is 0 Å². The molecule has 0 saturated heterocycles. The second kappa shape index (κ2) is 7.62. The number of hydrogen-bond acceptors (Lipinski definition) is 2. The number of likely N-dealkylation sites (N-methyl/N-ethyl adjacent to an activating group) is 1. The molecule has 1 unspecified atom stereocenters. The molecule has 0 aromatic rings. The molecule has 0 aliphatic heterocycles. The molecule has 0 rings (SSSR count). The lowest BCUT2D eigenvalue weighted by Crippen LogP contribution is -2.36. The number of rotatable bonds is 9. The highest BCUT2D eigenvalue weighted by Crippen LogP contribution is 2.22. The zero-order chi connectivity index (χ0) is 12.6. The molecular formula is C10H17F4NO. The average molecular weight is 243 g/mol. The molecule has 0 saturated carbocycles. The van der Waals surface area contributed by atoms with Gasteiger partial charge in [-0.2, -0.15) is 8.78 Å². The van der Waals surface area contributed by atoms with E-state index in [9.17, 15) is 17.6 Å². The lowest BCUT2D eigenvalue weighted by Gasteiger charge is -2.19. The lowest BCUT2D eigenvalue weighted by atomic mass is 10.2. The summed E-state index contributed by atoms with van der Waals surface area (Å²) in [6, 6.07) is -0.133. The smallest absolute Gasteiger partial charge is 0.330 e. The third-order valence-corrected chi connectivity index (χ3v) is 2.06. The van der Waals surface area contributed by atoms with Gasteiger partial charge >= 0.3 is 12.3 Å². The van der Waals surface area contributed by atoms with Crippen molar-refractivity contribution in [3.05, 3.63) is 12.7 Å². The van der Waals surface area contributed by atoms with Gasteiger partial charge in [0.15, 0.2) is 0 Å². The Morgan fingerprint density at radius 3 is 2.50 bits per heavy atom. The molecule has 0 aromatic carbocycles. The number of hydrogen-bond donors (Lipinski definition) is 1. The second-order valence-electron chi connectivity index (χ2n) is 3.43. The first-order chi connectivity index (χ1) is 7.44. The summed E-state index contributed by atoms with van der Waals surface area (Å²) in [5, 5.41) is 2.85. The maximum atomic E-state index is 12.4. The molecule has 16 heavy (non-hydrogen) atoms. The Balaban J connectivity index is 3.81. The number of ether oxygens (including phenoxy) is 1. The molecule has 0 fully saturated rings. The van der Waals surface area contributed by atoms with E-state index >= 15 is 0 Å². The van der Waals surface area contributed by atoms with Crippen LogP contribution in [0.3, 0.4) is 0 Å². The second-order valence-corrected chi connectivity index (χ2v) is 3.43. The molecule has 6 heteroatoms. The van der Waals surface area contributed by atoms with Gasteiger partial charge in [0.2, 0.25) is 0 Å². The molecule has 0 aliphatic rings. The van der Waals surface area contributed by atoms with Crippen LogP contribution in [-0.4, -0.2) is 38.7 Å². The van der Waals surface area contributed by atoms with Gasteiger partial charge < -0.3 is 10.1 Å². The fourth-order valence-electron chi connectivity index (χ4n) is 1.03. The van der Waals surface area contributed by atoms with Crippen molar-refractivity contribution in [2.45, 2.75) is 31.2 Å². The van der Waals surface area contributed by atoms with Crippen molar-refractivity contribution in [2.75, 3.05) is 20.3 Å². The summed E-state index contributed by atoms with van der Waals surface area (Å²) in [6.07, 6.45) is -0.618. The van der Waals surface area contributed by atoms with Crippen LogP contribution in [0.15, 0.2) is 12.7 Å². The van der Waals surface area contributed by atoms with E-state index in [0.717, 1.165) is 0 Å². The van der Waals surface area contributed by atoms with E-state index in [-0.39, 0.29) is 12.6 Å². The minimum Gasteiger partial charge on any atom is -0.373 e. The SMILES string of the molecule is C=CCCC(COCC(F)(F)C(F)F)NC. The molecule has 1 atom stereocenters. The summed E-state index contributed by atoms with van der Waals surface area (Å²) < 4.78 is 53.0. The highest BCUT2D eigenvalue weighted by molar-refractivity contribution is 4.74. The van der Waals surface area contributed by atoms with Crippen LogP contribution in [0.4, 0.5) is 17.6 Å². The number of halogens is 4. The van der Waals surface area contributed by atoms with Gasteiger partial charge in [-0.05, 0) is 19.9 Å². The molecule has 0 spiro atoms. The topological polar surface area (TPSA) is 21.3 Å².